The fourth-order valence-corrected chi connectivity index (χ4v) is 3.24. The van der Waals surface area contributed by atoms with Gasteiger partial charge in [-0.25, -0.2) is 0 Å². The standard InChI is InChI=1S/C22H28O5/c1-3-19-21(23)22(27-14-16-7-5-4-6-8-16)20(15-26-19)25-13-17-9-11-18(24-2)12-10-17/h4-12,19-23H,3,13-15H2,1-2H3/t19?,20?,21-,22+/m1/s1. The summed E-state index contributed by atoms with van der Waals surface area (Å²) in [5, 5.41) is 10.7. The van der Waals surface area contributed by atoms with Crippen LogP contribution in [-0.2, 0) is 27.4 Å². The molecule has 2 unspecified atom stereocenters. The zero-order valence-electron chi connectivity index (χ0n) is 15.9. The van der Waals surface area contributed by atoms with E-state index < -0.39 is 12.2 Å². The predicted octanol–water partition coefficient (Wildman–Crippen LogP) is 3.34. The highest BCUT2D eigenvalue weighted by Gasteiger charge is 2.40. The molecule has 5 heteroatoms. The predicted molar refractivity (Wildman–Crippen MR) is 103 cm³/mol. The molecule has 0 aliphatic carbocycles. The first-order chi connectivity index (χ1) is 13.2. The quantitative estimate of drug-likeness (QED) is 0.770. The second-order valence-corrected chi connectivity index (χ2v) is 6.73. The van der Waals surface area contributed by atoms with Crippen molar-refractivity contribution in [3.8, 4) is 5.75 Å². The smallest absolute Gasteiger partial charge is 0.118 e. The lowest BCUT2D eigenvalue weighted by Crippen LogP contribution is -2.54. The largest absolute Gasteiger partial charge is 0.497 e. The zero-order valence-corrected chi connectivity index (χ0v) is 15.9. The van der Waals surface area contributed by atoms with E-state index in [0.29, 0.717) is 19.8 Å². The molecule has 0 radical (unpaired) electrons. The first-order valence-corrected chi connectivity index (χ1v) is 9.41. The average Bonchev–Trinajstić information content (AvgIpc) is 2.72. The Labute approximate surface area is 160 Å². The van der Waals surface area contributed by atoms with Crippen LogP contribution >= 0.6 is 0 Å². The summed E-state index contributed by atoms with van der Waals surface area (Å²) in [4.78, 5) is 0. The maximum Gasteiger partial charge on any atom is 0.118 e. The third-order valence-corrected chi connectivity index (χ3v) is 4.87. The average molecular weight is 372 g/mol. The van der Waals surface area contributed by atoms with Crippen molar-refractivity contribution in [3.63, 3.8) is 0 Å². The van der Waals surface area contributed by atoms with E-state index in [0.717, 1.165) is 23.3 Å². The molecular weight excluding hydrogens is 344 g/mol. The number of benzene rings is 2. The zero-order chi connectivity index (χ0) is 19.1. The molecule has 3 rings (SSSR count). The Hall–Kier alpha value is -1.92. The first kappa shape index (κ1) is 19.8. The Morgan fingerprint density at radius 1 is 0.963 bits per heavy atom. The minimum absolute atomic E-state index is 0.230. The molecule has 0 bridgehead atoms. The van der Waals surface area contributed by atoms with Crippen LogP contribution < -0.4 is 4.74 Å². The number of hydrogen-bond donors (Lipinski definition) is 1. The molecule has 0 spiro atoms. The van der Waals surface area contributed by atoms with Crippen LogP contribution in [-0.4, -0.2) is 43.2 Å². The molecule has 2 aromatic rings. The van der Waals surface area contributed by atoms with Crippen molar-refractivity contribution in [1.29, 1.82) is 0 Å². The van der Waals surface area contributed by atoms with Crippen LogP contribution in [0.1, 0.15) is 24.5 Å². The van der Waals surface area contributed by atoms with Gasteiger partial charge in [0.15, 0.2) is 0 Å². The Morgan fingerprint density at radius 3 is 2.30 bits per heavy atom. The number of rotatable bonds is 8. The monoisotopic (exact) mass is 372 g/mol. The molecule has 4 atom stereocenters. The Bertz CT molecular complexity index is 673. The van der Waals surface area contributed by atoms with Crippen LogP contribution in [0.5, 0.6) is 5.75 Å². The summed E-state index contributed by atoms with van der Waals surface area (Å²) in [5.41, 5.74) is 2.10. The molecule has 1 aliphatic heterocycles. The van der Waals surface area contributed by atoms with Gasteiger partial charge in [-0.3, -0.25) is 0 Å². The molecule has 1 aliphatic rings. The maximum atomic E-state index is 10.7. The van der Waals surface area contributed by atoms with Crippen molar-refractivity contribution in [2.45, 2.75) is 51.0 Å². The normalized spacial score (nSPS) is 25.3. The van der Waals surface area contributed by atoms with Gasteiger partial charge in [-0.1, -0.05) is 49.4 Å². The van der Waals surface area contributed by atoms with E-state index in [9.17, 15) is 5.11 Å². The number of ether oxygens (including phenoxy) is 4. The maximum absolute atomic E-state index is 10.7. The fourth-order valence-electron chi connectivity index (χ4n) is 3.24. The highest BCUT2D eigenvalue weighted by Crippen LogP contribution is 2.25. The lowest BCUT2D eigenvalue weighted by molar-refractivity contribution is -0.222. The third kappa shape index (κ3) is 5.30. The molecular formula is C22H28O5. The van der Waals surface area contributed by atoms with Crippen LogP contribution in [0, 0.1) is 0 Å². The molecule has 146 valence electrons. The van der Waals surface area contributed by atoms with E-state index >= 15 is 0 Å². The molecule has 27 heavy (non-hydrogen) atoms. The van der Waals surface area contributed by atoms with Gasteiger partial charge in [-0.15, -0.1) is 0 Å². The highest BCUT2D eigenvalue weighted by molar-refractivity contribution is 5.26. The van der Waals surface area contributed by atoms with Crippen molar-refractivity contribution in [1.82, 2.24) is 0 Å². The van der Waals surface area contributed by atoms with Gasteiger partial charge in [0, 0.05) is 0 Å². The van der Waals surface area contributed by atoms with E-state index in [1.165, 1.54) is 0 Å². The third-order valence-electron chi connectivity index (χ3n) is 4.87. The Morgan fingerprint density at radius 2 is 1.63 bits per heavy atom. The van der Waals surface area contributed by atoms with Crippen molar-refractivity contribution >= 4 is 0 Å². The molecule has 1 fully saturated rings. The molecule has 0 aromatic heterocycles. The van der Waals surface area contributed by atoms with Gasteiger partial charge in [0.05, 0.1) is 33.0 Å². The van der Waals surface area contributed by atoms with Crippen LogP contribution in [0.2, 0.25) is 0 Å². The lowest BCUT2D eigenvalue weighted by atomic mass is 9.98. The van der Waals surface area contributed by atoms with Gasteiger partial charge in [0.25, 0.3) is 0 Å². The topological polar surface area (TPSA) is 57.2 Å². The van der Waals surface area contributed by atoms with E-state index in [-0.39, 0.29) is 12.2 Å². The highest BCUT2D eigenvalue weighted by atomic mass is 16.6. The summed E-state index contributed by atoms with van der Waals surface area (Å²) in [5.74, 6) is 0.810. The van der Waals surface area contributed by atoms with Gasteiger partial charge >= 0.3 is 0 Å². The van der Waals surface area contributed by atoms with Gasteiger partial charge in [-0.2, -0.15) is 0 Å². The van der Waals surface area contributed by atoms with Gasteiger partial charge in [0.2, 0.25) is 0 Å². The summed E-state index contributed by atoms with van der Waals surface area (Å²) in [6.45, 7) is 3.26. The molecule has 2 aromatic carbocycles. The Balaban J connectivity index is 1.62. The van der Waals surface area contributed by atoms with Crippen LogP contribution in [0.25, 0.3) is 0 Å². The second-order valence-electron chi connectivity index (χ2n) is 6.73. The molecule has 1 N–H and O–H groups in total. The van der Waals surface area contributed by atoms with Crippen molar-refractivity contribution in [3.05, 3.63) is 65.7 Å². The Kier molecular flexibility index (Phi) is 7.24. The number of aliphatic hydroxyl groups is 1. The molecule has 5 nitrogen and oxygen atoms in total. The number of hydrogen-bond acceptors (Lipinski definition) is 5. The summed E-state index contributed by atoms with van der Waals surface area (Å²) in [7, 11) is 1.64. The second kappa shape index (κ2) is 9.85. The van der Waals surface area contributed by atoms with Crippen molar-refractivity contribution in [2.24, 2.45) is 0 Å². The summed E-state index contributed by atoms with van der Waals surface area (Å²) in [6.07, 6.45) is -0.965. The summed E-state index contributed by atoms with van der Waals surface area (Å²) < 4.78 is 23.1. The van der Waals surface area contributed by atoms with E-state index in [1.807, 2.05) is 61.5 Å². The summed E-state index contributed by atoms with van der Waals surface area (Å²) in [6, 6.07) is 17.7. The van der Waals surface area contributed by atoms with E-state index in [4.69, 9.17) is 18.9 Å². The van der Waals surface area contributed by atoms with Crippen LogP contribution in [0.4, 0.5) is 0 Å². The van der Waals surface area contributed by atoms with Crippen molar-refractivity contribution < 1.29 is 24.1 Å². The molecule has 0 amide bonds. The number of methoxy groups -OCH3 is 1. The SMILES string of the molecule is CCC1OCC(OCc2ccc(OC)cc2)[C@H](OCc2ccccc2)[C@@H]1O. The minimum atomic E-state index is -0.715. The van der Waals surface area contributed by atoms with Crippen LogP contribution in [0.15, 0.2) is 54.6 Å². The van der Waals surface area contributed by atoms with E-state index in [1.54, 1.807) is 7.11 Å². The van der Waals surface area contributed by atoms with Gasteiger partial charge < -0.3 is 24.1 Å². The fraction of sp³-hybridized carbons (Fsp3) is 0.455. The first-order valence-electron chi connectivity index (χ1n) is 9.41. The van der Waals surface area contributed by atoms with Crippen LogP contribution in [0.3, 0.4) is 0 Å². The molecule has 1 saturated heterocycles. The van der Waals surface area contributed by atoms with Gasteiger partial charge in [-0.05, 0) is 29.7 Å². The van der Waals surface area contributed by atoms with E-state index in [2.05, 4.69) is 0 Å². The lowest BCUT2D eigenvalue weighted by Gasteiger charge is -2.39. The molecule has 0 saturated carbocycles. The van der Waals surface area contributed by atoms with Crippen molar-refractivity contribution in [2.75, 3.05) is 13.7 Å². The summed E-state index contributed by atoms with van der Waals surface area (Å²) >= 11 is 0. The number of aliphatic hydroxyl groups excluding tert-OH is 1. The molecule has 1 heterocycles. The minimum Gasteiger partial charge on any atom is -0.497 e. The van der Waals surface area contributed by atoms with Gasteiger partial charge in [0.1, 0.15) is 24.1 Å².